The molecular formula is C9H19O3P. The Morgan fingerprint density at radius 2 is 1.85 bits per heavy atom. The Bertz CT molecular complexity index is 205. The molecule has 13 heavy (non-hydrogen) atoms. The first kappa shape index (κ1) is 12.7. The fourth-order valence-electron chi connectivity index (χ4n) is 1.34. The highest BCUT2D eigenvalue weighted by molar-refractivity contribution is 7.64. The number of hydrogen-bond donors (Lipinski definition) is 0. The second-order valence-corrected chi connectivity index (χ2v) is 7.27. The summed E-state index contributed by atoms with van der Waals surface area (Å²) in [6.07, 6.45) is 1.61. The third-order valence-electron chi connectivity index (χ3n) is 2.56. The van der Waals surface area contributed by atoms with Crippen LogP contribution in [0.2, 0.25) is 0 Å². The Kier molecular flexibility index (Phi) is 5.31. The number of hydrogen-bond acceptors (Lipinski definition) is 3. The van der Waals surface area contributed by atoms with E-state index in [2.05, 4.69) is 4.74 Å². The zero-order valence-electron chi connectivity index (χ0n) is 8.87. The molecule has 0 aliphatic carbocycles. The zero-order chi connectivity index (χ0) is 10.5. The van der Waals surface area contributed by atoms with E-state index in [1.54, 1.807) is 0 Å². The lowest BCUT2D eigenvalue weighted by molar-refractivity contribution is -0.140. The lowest BCUT2D eigenvalue weighted by atomic mass is 10.3. The maximum absolute atomic E-state index is 12.1. The topological polar surface area (TPSA) is 43.4 Å². The molecule has 0 aliphatic rings. The maximum atomic E-state index is 12.1. The molecular weight excluding hydrogens is 187 g/mol. The lowest BCUT2D eigenvalue weighted by Gasteiger charge is -2.21. The zero-order valence-corrected chi connectivity index (χ0v) is 9.77. The fourth-order valence-corrected chi connectivity index (χ4v) is 3.51. The van der Waals surface area contributed by atoms with Gasteiger partial charge in [0.05, 0.1) is 20.7 Å². The van der Waals surface area contributed by atoms with Crippen molar-refractivity contribution in [1.82, 2.24) is 0 Å². The molecule has 0 fully saturated rings. The molecule has 3 nitrogen and oxygen atoms in total. The van der Waals surface area contributed by atoms with Crippen LogP contribution in [0.3, 0.4) is 0 Å². The van der Waals surface area contributed by atoms with Gasteiger partial charge in [0.15, 0.2) is 0 Å². The van der Waals surface area contributed by atoms with Crippen LogP contribution >= 0.6 is 7.14 Å². The molecule has 78 valence electrons. The van der Waals surface area contributed by atoms with Crippen LogP contribution in [0.1, 0.15) is 27.2 Å². The Labute approximate surface area is 80.2 Å². The van der Waals surface area contributed by atoms with Gasteiger partial charge < -0.3 is 9.30 Å². The van der Waals surface area contributed by atoms with E-state index >= 15 is 0 Å². The van der Waals surface area contributed by atoms with Crippen molar-refractivity contribution in [2.75, 3.05) is 19.4 Å². The van der Waals surface area contributed by atoms with E-state index in [-0.39, 0.29) is 18.0 Å². The van der Waals surface area contributed by atoms with Crippen LogP contribution in [-0.4, -0.2) is 31.1 Å². The molecule has 0 N–H and O–H groups in total. The van der Waals surface area contributed by atoms with Crippen molar-refractivity contribution in [3.8, 4) is 0 Å². The minimum absolute atomic E-state index is 0.0463. The summed E-state index contributed by atoms with van der Waals surface area (Å²) in [5.74, 6) is -0.269. The minimum atomic E-state index is -2.14. The van der Waals surface area contributed by atoms with Crippen molar-refractivity contribution in [2.24, 2.45) is 0 Å². The molecule has 0 amide bonds. The summed E-state index contributed by atoms with van der Waals surface area (Å²) in [6.45, 7) is 5.70. The Morgan fingerprint density at radius 1 is 1.38 bits per heavy atom. The van der Waals surface area contributed by atoms with E-state index < -0.39 is 7.14 Å². The van der Waals surface area contributed by atoms with Crippen molar-refractivity contribution in [2.45, 2.75) is 32.9 Å². The fraction of sp³-hybridized carbons (Fsp3) is 0.889. The van der Waals surface area contributed by atoms with Gasteiger partial charge in [-0.3, -0.25) is 4.79 Å². The van der Waals surface area contributed by atoms with Gasteiger partial charge in [-0.05, 0) is 12.3 Å². The van der Waals surface area contributed by atoms with Crippen LogP contribution in [0.15, 0.2) is 0 Å². The normalized spacial score (nSPS) is 13.8. The second kappa shape index (κ2) is 5.43. The Balaban J connectivity index is 4.31. The summed E-state index contributed by atoms with van der Waals surface area (Å²) >= 11 is 0. The minimum Gasteiger partial charge on any atom is -0.469 e. The van der Waals surface area contributed by atoms with E-state index in [1.807, 2.05) is 20.8 Å². The number of ether oxygens (including phenoxy) is 1. The van der Waals surface area contributed by atoms with E-state index in [9.17, 15) is 9.36 Å². The summed E-state index contributed by atoms with van der Waals surface area (Å²) < 4.78 is 16.6. The van der Waals surface area contributed by atoms with Gasteiger partial charge >= 0.3 is 5.97 Å². The first-order valence-corrected chi connectivity index (χ1v) is 6.79. The van der Waals surface area contributed by atoms with Gasteiger partial charge in [0, 0.05) is 5.66 Å². The van der Waals surface area contributed by atoms with Crippen molar-refractivity contribution < 1.29 is 14.1 Å². The second-order valence-electron chi connectivity index (χ2n) is 3.21. The first-order valence-electron chi connectivity index (χ1n) is 4.64. The predicted octanol–water partition coefficient (Wildman–Crippen LogP) is 2.34. The predicted molar refractivity (Wildman–Crippen MR) is 54.8 cm³/mol. The van der Waals surface area contributed by atoms with Gasteiger partial charge in [-0.2, -0.15) is 0 Å². The summed E-state index contributed by atoms with van der Waals surface area (Å²) in [6, 6.07) is 0. The monoisotopic (exact) mass is 206 g/mol. The molecule has 0 bridgehead atoms. The average molecular weight is 206 g/mol. The van der Waals surface area contributed by atoms with Gasteiger partial charge in [0.25, 0.3) is 0 Å². The summed E-state index contributed by atoms with van der Waals surface area (Å²) in [7, 11) is -0.781. The molecule has 0 aromatic carbocycles. The third-order valence-corrected chi connectivity index (χ3v) is 6.49. The largest absolute Gasteiger partial charge is 0.469 e. The van der Waals surface area contributed by atoms with Crippen molar-refractivity contribution in [3.63, 3.8) is 0 Å². The van der Waals surface area contributed by atoms with Gasteiger partial charge in [0.2, 0.25) is 0 Å². The molecule has 0 aromatic rings. The lowest BCUT2D eigenvalue weighted by Crippen LogP contribution is -2.14. The van der Waals surface area contributed by atoms with Gasteiger partial charge in [0.1, 0.15) is 0 Å². The molecule has 4 heteroatoms. The van der Waals surface area contributed by atoms with E-state index in [0.29, 0.717) is 12.3 Å². The highest BCUT2D eigenvalue weighted by Crippen LogP contribution is 2.50. The van der Waals surface area contributed by atoms with Crippen LogP contribution in [-0.2, 0) is 14.1 Å². The molecule has 0 spiro atoms. The van der Waals surface area contributed by atoms with Crippen LogP contribution < -0.4 is 0 Å². The van der Waals surface area contributed by atoms with Gasteiger partial charge in [-0.25, -0.2) is 0 Å². The van der Waals surface area contributed by atoms with Gasteiger partial charge in [-0.1, -0.05) is 20.8 Å². The number of carbonyl (C=O) groups is 1. The van der Waals surface area contributed by atoms with Crippen LogP contribution in [0.4, 0.5) is 0 Å². The Morgan fingerprint density at radius 3 is 2.15 bits per heavy atom. The molecule has 0 heterocycles. The molecule has 0 rings (SSSR count). The van der Waals surface area contributed by atoms with E-state index in [0.717, 1.165) is 0 Å². The quantitative estimate of drug-likeness (QED) is 0.512. The summed E-state index contributed by atoms with van der Waals surface area (Å²) in [5, 5.41) is 0. The number of methoxy groups -OCH3 is 1. The van der Waals surface area contributed by atoms with Crippen molar-refractivity contribution in [3.05, 3.63) is 0 Å². The van der Waals surface area contributed by atoms with E-state index in [1.165, 1.54) is 7.11 Å². The molecule has 0 aromatic heterocycles. The molecule has 0 radical (unpaired) electrons. The molecule has 1 unspecified atom stereocenters. The van der Waals surface area contributed by atoms with Crippen LogP contribution in [0, 0.1) is 0 Å². The van der Waals surface area contributed by atoms with E-state index in [4.69, 9.17) is 0 Å². The van der Waals surface area contributed by atoms with Crippen LogP contribution in [0.5, 0.6) is 0 Å². The number of carbonyl (C=O) groups excluding carboxylic acids is 1. The number of esters is 1. The van der Waals surface area contributed by atoms with Crippen molar-refractivity contribution in [1.29, 1.82) is 0 Å². The summed E-state index contributed by atoms with van der Waals surface area (Å²) in [5.41, 5.74) is -0.0463. The smallest absolute Gasteiger partial charge is 0.306 e. The maximum Gasteiger partial charge on any atom is 0.306 e. The molecule has 0 saturated heterocycles. The SMILES string of the molecule is CCP(=O)(CC)C(C)CC(=O)OC. The highest BCUT2D eigenvalue weighted by atomic mass is 31.2. The molecule has 0 aliphatic heterocycles. The standard InChI is InChI=1S/C9H19O3P/c1-5-13(11,6-2)8(3)7-9(10)12-4/h8H,5-7H2,1-4H3. The van der Waals surface area contributed by atoms with Crippen molar-refractivity contribution >= 4 is 13.1 Å². The van der Waals surface area contributed by atoms with Crippen LogP contribution in [0.25, 0.3) is 0 Å². The van der Waals surface area contributed by atoms with Gasteiger partial charge in [-0.15, -0.1) is 0 Å². The number of rotatable bonds is 5. The Hall–Kier alpha value is -0.300. The first-order chi connectivity index (χ1) is 6.00. The summed E-state index contributed by atoms with van der Waals surface area (Å²) in [4.78, 5) is 11.0. The molecule has 0 saturated carbocycles. The highest BCUT2D eigenvalue weighted by Gasteiger charge is 2.27. The third kappa shape index (κ3) is 3.51. The average Bonchev–Trinajstić information content (AvgIpc) is 2.16. The molecule has 1 atom stereocenters.